The van der Waals surface area contributed by atoms with Crippen molar-refractivity contribution in [2.45, 2.75) is 27.2 Å². The van der Waals surface area contributed by atoms with Gasteiger partial charge in [-0.1, -0.05) is 6.92 Å². The second-order valence-electron chi connectivity index (χ2n) is 2.66. The van der Waals surface area contributed by atoms with Gasteiger partial charge in [0.1, 0.15) is 0 Å². The van der Waals surface area contributed by atoms with Crippen LogP contribution in [0.15, 0.2) is 15.5 Å². The SMILES string of the molecule is CCc1c(C)coc(=O)c1C. The average molecular weight is 152 g/mol. The Morgan fingerprint density at radius 2 is 2.09 bits per heavy atom. The van der Waals surface area contributed by atoms with Gasteiger partial charge in [0.2, 0.25) is 0 Å². The van der Waals surface area contributed by atoms with Crippen molar-refractivity contribution in [2.75, 3.05) is 0 Å². The first-order valence-electron chi connectivity index (χ1n) is 3.74. The van der Waals surface area contributed by atoms with Crippen molar-refractivity contribution in [3.63, 3.8) is 0 Å². The molecule has 1 heterocycles. The van der Waals surface area contributed by atoms with Crippen molar-refractivity contribution >= 4 is 0 Å². The summed E-state index contributed by atoms with van der Waals surface area (Å²) in [5.41, 5.74) is 2.70. The standard InChI is InChI=1S/C9H12O2/c1-4-8-6(2)5-11-9(10)7(8)3/h5H,4H2,1-3H3. The van der Waals surface area contributed by atoms with Crippen molar-refractivity contribution in [1.29, 1.82) is 0 Å². The summed E-state index contributed by atoms with van der Waals surface area (Å²) < 4.78 is 4.78. The second kappa shape index (κ2) is 2.91. The lowest BCUT2D eigenvalue weighted by Crippen LogP contribution is -2.07. The summed E-state index contributed by atoms with van der Waals surface area (Å²) >= 11 is 0. The fourth-order valence-corrected chi connectivity index (χ4v) is 1.26. The Bertz CT molecular complexity index is 310. The summed E-state index contributed by atoms with van der Waals surface area (Å²) in [4.78, 5) is 11.0. The Morgan fingerprint density at radius 3 is 2.55 bits per heavy atom. The summed E-state index contributed by atoms with van der Waals surface area (Å²) in [7, 11) is 0. The van der Waals surface area contributed by atoms with Crippen molar-refractivity contribution in [3.8, 4) is 0 Å². The van der Waals surface area contributed by atoms with Crippen LogP contribution < -0.4 is 5.63 Å². The molecule has 11 heavy (non-hydrogen) atoms. The van der Waals surface area contributed by atoms with Gasteiger partial charge in [-0.05, 0) is 31.4 Å². The zero-order chi connectivity index (χ0) is 8.43. The van der Waals surface area contributed by atoms with E-state index in [4.69, 9.17) is 4.42 Å². The normalized spacial score (nSPS) is 10.1. The summed E-state index contributed by atoms with van der Waals surface area (Å²) in [6.45, 7) is 5.79. The molecule has 0 aliphatic carbocycles. The van der Waals surface area contributed by atoms with Crippen LogP contribution in [-0.4, -0.2) is 0 Å². The van der Waals surface area contributed by atoms with Gasteiger partial charge in [-0.25, -0.2) is 4.79 Å². The molecule has 0 radical (unpaired) electrons. The van der Waals surface area contributed by atoms with E-state index in [1.807, 2.05) is 13.8 Å². The fourth-order valence-electron chi connectivity index (χ4n) is 1.26. The largest absolute Gasteiger partial charge is 0.431 e. The Morgan fingerprint density at radius 1 is 1.45 bits per heavy atom. The number of hydrogen-bond acceptors (Lipinski definition) is 2. The first kappa shape index (κ1) is 8.05. The van der Waals surface area contributed by atoms with E-state index in [1.165, 1.54) is 6.26 Å². The average Bonchev–Trinajstić information content (AvgIpc) is 1.99. The highest BCUT2D eigenvalue weighted by atomic mass is 16.4. The molecule has 0 unspecified atom stereocenters. The maximum atomic E-state index is 11.0. The van der Waals surface area contributed by atoms with Crippen LogP contribution in [0.2, 0.25) is 0 Å². The maximum Gasteiger partial charge on any atom is 0.338 e. The van der Waals surface area contributed by atoms with E-state index in [9.17, 15) is 4.79 Å². The van der Waals surface area contributed by atoms with Gasteiger partial charge in [0, 0.05) is 5.56 Å². The molecule has 2 nitrogen and oxygen atoms in total. The minimum absolute atomic E-state index is 0.215. The zero-order valence-corrected chi connectivity index (χ0v) is 7.10. The highest BCUT2D eigenvalue weighted by Gasteiger charge is 2.04. The van der Waals surface area contributed by atoms with E-state index in [0.717, 1.165) is 23.1 Å². The van der Waals surface area contributed by atoms with Crippen molar-refractivity contribution in [3.05, 3.63) is 33.4 Å². The molecular formula is C9H12O2. The van der Waals surface area contributed by atoms with Crippen LogP contribution in [0.4, 0.5) is 0 Å². The van der Waals surface area contributed by atoms with E-state index in [-0.39, 0.29) is 5.63 Å². The van der Waals surface area contributed by atoms with Gasteiger partial charge < -0.3 is 4.42 Å². The van der Waals surface area contributed by atoms with Crippen LogP contribution in [0.3, 0.4) is 0 Å². The smallest absolute Gasteiger partial charge is 0.338 e. The van der Waals surface area contributed by atoms with Crippen molar-refractivity contribution in [1.82, 2.24) is 0 Å². The molecule has 0 saturated carbocycles. The molecule has 0 fully saturated rings. The van der Waals surface area contributed by atoms with Crippen LogP contribution in [0, 0.1) is 13.8 Å². The fraction of sp³-hybridized carbons (Fsp3) is 0.444. The number of rotatable bonds is 1. The first-order valence-corrected chi connectivity index (χ1v) is 3.74. The highest BCUT2D eigenvalue weighted by molar-refractivity contribution is 5.28. The van der Waals surface area contributed by atoms with Gasteiger partial charge in [0.15, 0.2) is 0 Å². The van der Waals surface area contributed by atoms with Gasteiger partial charge in [-0.15, -0.1) is 0 Å². The maximum absolute atomic E-state index is 11.0. The van der Waals surface area contributed by atoms with Gasteiger partial charge in [-0.2, -0.15) is 0 Å². The third-order valence-corrected chi connectivity index (χ3v) is 1.93. The molecule has 0 spiro atoms. The molecule has 2 heteroatoms. The van der Waals surface area contributed by atoms with E-state index in [0.29, 0.717) is 0 Å². The summed E-state index contributed by atoms with van der Waals surface area (Å²) in [5.74, 6) is 0. The second-order valence-corrected chi connectivity index (χ2v) is 2.66. The third kappa shape index (κ3) is 1.34. The summed E-state index contributed by atoms with van der Waals surface area (Å²) in [6.07, 6.45) is 2.41. The van der Waals surface area contributed by atoms with Gasteiger partial charge in [0.05, 0.1) is 6.26 Å². The molecule has 0 N–H and O–H groups in total. The van der Waals surface area contributed by atoms with Crippen LogP contribution in [0.25, 0.3) is 0 Å². The molecule has 1 aromatic rings. The third-order valence-electron chi connectivity index (χ3n) is 1.93. The molecule has 0 amide bonds. The molecule has 1 aromatic heterocycles. The molecule has 0 saturated heterocycles. The minimum Gasteiger partial charge on any atom is -0.431 e. The Hall–Kier alpha value is -1.05. The predicted molar refractivity (Wildman–Crippen MR) is 43.8 cm³/mol. The van der Waals surface area contributed by atoms with Gasteiger partial charge >= 0.3 is 5.63 Å². The quantitative estimate of drug-likeness (QED) is 0.614. The molecule has 0 aromatic carbocycles. The lowest BCUT2D eigenvalue weighted by atomic mass is 10.1. The Balaban J connectivity index is 3.41. The summed E-state index contributed by atoms with van der Waals surface area (Å²) in [6, 6.07) is 0. The zero-order valence-electron chi connectivity index (χ0n) is 7.10. The molecule has 0 aliphatic rings. The molecule has 0 bridgehead atoms. The first-order chi connectivity index (χ1) is 5.16. The predicted octanol–water partition coefficient (Wildman–Crippen LogP) is 1.82. The molecule has 0 atom stereocenters. The lowest BCUT2D eigenvalue weighted by molar-refractivity contribution is 0.498. The Kier molecular flexibility index (Phi) is 2.13. The van der Waals surface area contributed by atoms with Crippen LogP contribution in [0.5, 0.6) is 0 Å². The number of aryl methyl sites for hydroxylation is 1. The minimum atomic E-state index is -0.215. The lowest BCUT2D eigenvalue weighted by Gasteiger charge is -2.02. The van der Waals surface area contributed by atoms with Gasteiger partial charge in [-0.3, -0.25) is 0 Å². The highest BCUT2D eigenvalue weighted by Crippen LogP contribution is 2.09. The number of hydrogen-bond donors (Lipinski definition) is 0. The van der Waals surface area contributed by atoms with Crippen molar-refractivity contribution in [2.24, 2.45) is 0 Å². The van der Waals surface area contributed by atoms with E-state index in [2.05, 4.69) is 0 Å². The molecule has 1 rings (SSSR count). The Labute approximate surface area is 65.9 Å². The monoisotopic (exact) mass is 152 g/mol. The molecule has 0 aliphatic heterocycles. The molecular weight excluding hydrogens is 140 g/mol. The topological polar surface area (TPSA) is 30.2 Å². The van der Waals surface area contributed by atoms with E-state index >= 15 is 0 Å². The summed E-state index contributed by atoms with van der Waals surface area (Å²) in [5, 5.41) is 0. The van der Waals surface area contributed by atoms with Crippen molar-refractivity contribution < 1.29 is 4.42 Å². The van der Waals surface area contributed by atoms with Gasteiger partial charge in [0.25, 0.3) is 0 Å². The van der Waals surface area contributed by atoms with E-state index in [1.54, 1.807) is 6.92 Å². The van der Waals surface area contributed by atoms with Crippen LogP contribution in [0.1, 0.15) is 23.6 Å². The van der Waals surface area contributed by atoms with E-state index < -0.39 is 0 Å². The van der Waals surface area contributed by atoms with Crippen LogP contribution in [-0.2, 0) is 6.42 Å². The molecule has 60 valence electrons. The van der Waals surface area contributed by atoms with Crippen LogP contribution >= 0.6 is 0 Å².